The van der Waals surface area contributed by atoms with Gasteiger partial charge in [0.15, 0.2) is 0 Å². The maximum absolute atomic E-state index is 12.3. The predicted molar refractivity (Wildman–Crippen MR) is 89.9 cm³/mol. The molecule has 0 atom stereocenters. The smallest absolute Gasteiger partial charge is 0.337 e. The van der Waals surface area contributed by atoms with Crippen LogP contribution in [0, 0.1) is 0 Å². The van der Waals surface area contributed by atoms with Crippen LogP contribution in [0.4, 0.5) is 5.69 Å². The van der Waals surface area contributed by atoms with Gasteiger partial charge in [-0.2, -0.15) is 0 Å². The van der Waals surface area contributed by atoms with Crippen LogP contribution in [-0.4, -0.2) is 26.5 Å². The summed E-state index contributed by atoms with van der Waals surface area (Å²) in [5, 5.41) is 11.7. The van der Waals surface area contributed by atoms with Crippen LogP contribution in [0.1, 0.15) is 20.7 Å². The number of hydrogen-bond donors (Lipinski definition) is 2. The van der Waals surface area contributed by atoms with E-state index in [1.165, 1.54) is 18.2 Å². The first-order chi connectivity index (χ1) is 11.5. The van der Waals surface area contributed by atoms with Gasteiger partial charge in [0.05, 0.1) is 16.9 Å². The van der Waals surface area contributed by atoms with Crippen molar-refractivity contribution in [3.8, 4) is 5.69 Å². The molecular weight excluding hydrogens is 330 g/mol. The molecule has 1 aromatic heterocycles. The lowest BCUT2D eigenvalue weighted by molar-refractivity contribution is 0.0697. The van der Waals surface area contributed by atoms with Crippen LogP contribution in [0.15, 0.2) is 61.2 Å². The molecule has 24 heavy (non-hydrogen) atoms. The standard InChI is InChI=1S/C17H12ClN3O3/c18-15-9-12(3-6-14(15)17(23)24)20-16(22)11-1-4-13(5-2-11)21-8-7-19-10-21/h1-10H,(H,20,22)(H,23,24). The van der Waals surface area contributed by atoms with Crippen LogP contribution in [-0.2, 0) is 0 Å². The maximum Gasteiger partial charge on any atom is 0.337 e. The number of aromatic carboxylic acids is 1. The number of hydrogen-bond acceptors (Lipinski definition) is 3. The predicted octanol–water partition coefficient (Wildman–Crippen LogP) is 3.48. The minimum Gasteiger partial charge on any atom is -0.478 e. The first-order valence-corrected chi connectivity index (χ1v) is 7.35. The van der Waals surface area contributed by atoms with Crippen molar-refractivity contribution in [3.05, 3.63) is 77.3 Å². The average Bonchev–Trinajstić information content (AvgIpc) is 3.09. The molecular formula is C17H12ClN3O3. The van der Waals surface area contributed by atoms with Crippen molar-refractivity contribution in [1.82, 2.24) is 9.55 Å². The van der Waals surface area contributed by atoms with Crippen molar-refractivity contribution in [1.29, 1.82) is 0 Å². The number of rotatable bonds is 4. The van der Waals surface area contributed by atoms with Crippen molar-refractivity contribution in [2.45, 2.75) is 0 Å². The van der Waals surface area contributed by atoms with Crippen molar-refractivity contribution in [2.75, 3.05) is 5.32 Å². The molecule has 6 nitrogen and oxygen atoms in total. The van der Waals surface area contributed by atoms with E-state index >= 15 is 0 Å². The van der Waals surface area contributed by atoms with Crippen LogP contribution in [0.3, 0.4) is 0 Å². The molecule has 120 valence electrons. The van der Waals surface area contributed by atoms with Crippen molar-refractivity contribution in [2.24, 2.45) is 0 Å². The summed E-state index contributed by atoms with van der Waals surface area (Å²) in [7, 11) is 0. The fourth-order valence-corrected chi connectivity index (χ4v) is 2.43. The number of imidazole rings is 1. The molecule has 0 saturated carbocycles. The van der Waals surface area contributed by atoms with E-state index in [-0.39, 0.29) is 16.5 Å². The Bertz CT molecular complexity index is 890. The molecule has 0 spiro atoms. The van der Waals surface area contributed by atoms with Gasteiger partial charge in [-0.15, -0.1) is 0 Å². The fourth-order valence-electron chi connectivity index (χ4n) is 2.17. The Balaban J connectivity index is 1.75. The summed E-state index contributed by atoms with van der Waals surface area (Å²) >= 11 is 5.89. The Hall–Kier alpha value is -3.12. The lowest BCUT2D eigenvalue weighted by atomic mass is 10.1. The summed E-state index contributed by atoms with van der Waals surface area (Å²) in [4.78, 5) is 27.1. The van der Waals surface area contributed by atoms with Crippen LogP contribution < -0.4 is 5.32 Å². The number of carboxylic acids is 1. The van der Waals surface area contributed by atoms with Crippen molar-refractivity contribution >= 4 is 29.2 Å². The summed E-state index contributed by atoms with van der Waals surface area (Å²) in [6, 6.07) is 11.2. The number of nitrogens with one attached hydrogen (secondary N) is 1. The maximum atomic E-state index is 12.3. The van der Waals surface area contributed by atoms with E-state index in [2.05, 4.69) is 10.3 Å². The third-order valence-corrected chi connectivity index (χ3v) is 3.70. The van der Waals surface area contributed by atoms with Crippen LogP contribution in [0.5, 0.6) is 0 Å². The molecule has 0 fully saturated rings. The SMILES string of the molecule is O=C(Nc1ccc(C(=O)O)c(Cl)c1)c1ccc(-n2ccnc2)cc1. The highest BCUT2D eigenvalue weighted by atomic mass is 35.5. The highest BCUT2D eigenvalue weighted by Crippen LogP contribution is 2.21. The molecule has 0 aliphatic heterocycles. The van der Waals surface area contributed by atoms with Gasteiger partial charge in [0.1, 0.15) is 0 Å². The first kappa shape index (κ1) is 15.8. The zero-order chi connectivity index (χ0) is 17.1. The van der Waals surface area contributed by atoms with Gasteiger partial charge in [0.25, 0.3) is 5.91 Å². The van der Waals surface area contributed by atoms with Crippen LogP contribution in [0.25, 0.3) is 5.69 Å². The van der Waals surface area contributed by atoms with E-state index in [0.29, 0.717) is 11.3 Å². The number of carboxylic acid groups (broad SMARTS) is 1. The van der Waals surface area contributed by atoms with E-state index < -0.39 is 5.97 Å². The molecule has 0 saturated heterocycles. The number of carbonyl (C=O) groups excluding carboxylic acids is 1. The van der Waals surface area contributed by atoms with Crippen LogP contribution >= 0.6 is 11.6 Å². The quantitative estimate of drug-likeness (QED) is 0.761. The third-order valence-electron chi connectivity index (χ3n) is 3.39. The van der Waals surface area contributed by atoms with Gasteiger partial charge in [0, 0.05) is 29.3 Å². The van der Waals surface area contributed by atoms with Crippen molar-refractivity contribution < 1.29 is 14.7 Å². The third kappa shape index (κ3) is 3.28. The highest BCUT2D eigenvalue weighted by Gasteiger charge is 2.11. The first-order valence-electron chi connectivity index (χ1n) is 6.97. The Morgan fingerprint density at radius 2 is 1.88 bits per heavy atom. The summed E-state index contributed by atoms with van der Waals surface area (Å²) in [6.07, 6.45) is 5.15. The number of aromatic nitrogens is 2. The molecule has 2 aromatic carbocycles. The number of amides is 1. The molecule has 3 rings (SSSR count). The number of benzene rings is 2. The summed E-state index contributed by atoms with van der Waals surface area (Å²) in [5.74, 6) is -1.43. The summed E-state index contributed by atoms with van der Waals surface area (Å²) in [5.41, 5.74) is 1.77. The molecule has 3 aromatic rings. The van der Waals surface area contributed by atoms with Gasteiger partial charge in [-0.05, 0) is 42.5 Å². The molecule has 0 aliphatic carbocycles. The molecule has 1 heterocycles. The molecule has 0 bridgehead atoms. The Kier molecular flexibility index (Phi) is 4.31. The fraction of sp³-hybridized carbons (Fsp3) is 0. The minimum absolute atomic E-state index is 0.0145. The lowest BCUT2D eigenvalue weighted by Crippen LogP contribution is -2.12. The number of carbonyl (C=O) groups is 2. The highest BCUT2D eigenvalue weighted by molar-refractivity contribution is 6.33. The number of halogens is 1. The summed E-state index contributed by atoms with van der Waals surface area (Å²) < 4.78 is 1.83. The lowest BCUT2D eigenvalue weighted by Gasteiger charge is -2.08. The van der Waals surface area contributed by atoms with E-state index in [9.17, 15) is 9.59 Å². The second-order valence-corrected chi connectivity index (χ2v) is 5.38. The van der Waals surface area contributed by atoms with Gasteiger partial charge in [-0.3, -0.25) is 4.79 Å². The van der Waals surface area contributed by atoms with E-state index in [1.54, 1.807) is 43.0 Å². The van der Waals surface area contributed by atoms with Gasteiger partial charge < -0.3 is 15.0 Å². The van der Waals surface area contributed by atoms with E-state index in [4.69, 9.17) is 16.7 Å². The Morgan fingerprint density at radius 1 is 1.12 bits per heavy atom. The number of anilines is 1. The Labute approximate surface area is 142 Å². The molecule has 7 heteroatoms. The van der Waals surface area contributed by atoms with Crippen molar-refractivity contribution in [3.63, 3.8) is 0 Å². The van der Waals surface area contributed by atoms with E-state index in [0.717, 1.165) is 5.69 Å². The van der Waals surface area contributed by atoms with Gasteiger partial charge in [-0.25, -0.2) is 9.78 Å². The normalized spacial score (nSPS) is 10.4. The molecule has 1 amide bonds. The topological polar surface area (TPSA) is 84.2 Å². The zero-order valence-corrected chi connectivity index (χ0v) is 13.1. The van der Waals surface area contributed by atoms with Crippen LogP contribution in [0.2, 0.25) is 5.02 Å². The average molecular weight is 342 g/mol. The zero-order valence-electron chi connectivity index (χ0n) is 12.3. The molecule has 0 radical (unpaired) electrons. The minimum atomic E-state index is -1.12. The molecule has 2 N–H and O–H groups in total. The van der Waals surface area contributed by atoms with Gasteiger partial charge >= 0.3 is 5.97 Å². The number of nitrogens with zero attached hydrogens (tertiary/aromatic N) is 2. The second kappa shape index (κ2) is 6.55. The molecule has 0 aliphatic rings. The molecule has 0 unspecified atom stereocenters. The second-order valence-electron chi connectivity index (χ2n) is 4.97. The summed E-state index contributed by atoms with van der Waals surface area (Å²) in [6.45, 7) is 0. The van der Waals surface area contributed by atoms with E-state index in [1.807, 2.05) is 4.57 Å². The Morgan fingerprint density at radius 3 is 2.46 bits per heavy atom. The van der Waals surface area contributed by atoms with Gasteiger partial charge in [0.2, 0.25) is 0 Å². The monoisotopic (exact) mass is 341 g/mol. The largest absolute Gasteiger partial charge is 0.478 e. The van der Waals surface area contributed by atoms with Gasteiger partial charge in [-0.1, -0.05) is 11.6 Å².